The van der Waals surface area contributed by atoms with Gasteiger partial charge in [-0.25, -0.2) is 14.3 Å². The van der Waals surface area contributed by atoms with E-state index < -0.39 is 11.2 Å². The van der Waals surface area contributed by atoms with Crippen molar-refractivity contribution in [1.82, 2.24) is 19.5 Å². The topological polar surface area (TPSA) is 116 Å². The van der Waals surface area contributed by atoms with Gasteiger partial charge in [0, 0.05) is 55.3 Å². The molecule has 4 heterocycles. The Morgan fingerprint density at radius 1 is 1.21 bits per heavy atom. The van der Waals surface area contributed by atoms with Crippen LogP contribution in [0.4, 0.5) is 10.6 Å². The minimum Gasteiger partial charge on any atom is -0.489 e. The molecule has 5 rings (SSSR count). The van der Waals surface area contributed by atoms with Crippen molar-refractivity contribution in [2.24, 2.45) is 11.8 Å². The average molecular weight is 519 g/mol. The van der Waals surface area contributed by atoms with Crippen LogP contribution in [-0.4, -0.2) is 74.7 Å². The van der Waals surface area contributed by atoms with Crippen molar-refractivity contribution < 1.29 is 19.4 Å². The number of hydrogen-bond acceptors (Lipinski definition) is 8. The molecule has 10 heteroatoms. The molecule has 1 amide bonds. The van der Waals surface area contributed by atoms with Gasteiger partial charge in [-0.3, -0.25) is 0 Å². The van der Waals surface area contributed by atoms with Crippen LogP contribution in [0.15, 0.2) is 36.8 Å². The first-order valence-electron chi connectivity index (χ1n) is 12.8. The highest BCUT2D eigenvalue weighted by molar-refractivity contribution is 5.85. The highest BCUT2D eigenvalue weighted by atomic mass is 16.6. The lowest BCUT2D eigenvalue weighted by Gasteiger charge is -2.28. The van der Waals surface area contributed by atoms with Crippen molar-refractivity contribution in [1.29, 1.82) is 5.26 Å². The summed E-state index contributed by atoms with van der Waals surface area (Å²) in [6.45, 7) is 10.8. The third-order valence-electron chi connectivity index (χ3n) is 6.96. The molecule has 1 aliphatic carbocycles. The van der Waals surface area contributed by atoms with Gasteiger partial charge < -0.3 is 24.4 Å². The predicted octanol–water partition coefficient (Wildman–Crippen LogP) is 3.72. The lowest BCUT2D eigenvalue weighted by molar-refractivity contribution is 0.0266. The second kappa shape index (κ2) is 9.17. The first-order valence-corrected chi connectivity index (χ1v) is 12.8. The van der Waals surface area contributed by atoms with Gasteiger partial charge in [-0.05, 0) is 52.8 Å². The van der Waals surface area contributed by atoms with E-state index >= 15 is 0 Å². The van der Waals surface area contributed by atoms with Gasteiger partial charge >= 0.3 is 6.09 Å². The molecule has 2 fully saturated rings. The summed E-state index contributed by atoms with van der Waals surface area (Å²) in [6.07, 6.45) is 4.76. The molecule has 1 aliphatic heterocycles. The Labute approximate surface area is 222 Å². The van der Waals surface area contributed by atoms with Crippen LogP contribution >= 0.6 is 0 Å². The van der Waals surface area contributed by atoms with E-state index in [0.29, 0.717) is 28.7 Å². The fourth-order valence-electron chi connectivity index (χ4n) is 5.18. The summed E-state index contributed by atoms with van der Waals surface area (Å²) in [5.41, 5.74) is 1.24. The van der Waals surface area contributed by atoms with E-state index in [1.807, 2.05) is 46.0 Å². The maximum Gasteiger partial charge on any atom is 0.410 e. The largest absolute Gasteiger partial charge is 0.489 e. The zero-order valence-corrected chi connectivity index (χ0v) is 22.7. The molecule has 10 nitrogen and oxygen atoms in total. The van der Waals surface area contributed by atoms with Crippen molar-refractivity contribution in [3.8, 4) is 22.9 Å². The molecule has 0 radical (unpaired) electrons. The Bertz CT molecular complexity index is 1380. The van der Waals surface area contributed by atoms with Gasteiger partial charge in [-0.15, -0.1) is 0 Å². The summed E-state index contributed by atoms with van der Waals surface area (Å²) in [4.78, 5) is 21.2. The number of aromatic nitrogens is 3. The second-order valence-electron chi connectivity index (χ2n) is 11.9. The number of carbonyl (C=O) groups excluding carboxylic acids is 1. The zero-order valence-electron chi connectivity index (χ0n) is 22.7. The molecule has 3 aromatic heterocycles. The summed E-state index contributed by atoms with van der Waals surface area (Å²) in [6, 6.07) is 8.22. The van der Waals surface area contributed by atoms with E-state index in [-0.39, 0.29) is 18.7 Å². The van der Waals surface area contributed by atoms with Crippen molar-refractivity contribution in [2.75, 3.05) is 31.6 Å². The summed E-state index contributed by atoms with van der Waals surface area (Å²) in [5.74, 6) is 2.22. The molecule has 1 saturated carbocycles. The van der Waals surface area contributed by atoms with E-state index in [0.717, 1.165) is 30.0 Å². The van der Waals surface area contributed by atoms with Crippen LogP contribution < -0.4 is 9.64 Å². The summed E-state index contributed by atoms with van der Waals surface area (Å²) >= 11 is 0. The second-order valence-corrected chi connectivity index (χ2v) is 11.9. The fraction of sp³-hybridized carbons (Fsp3) is 0.500. The molecule has 0 spiro atoms. The molecule has 1 unspecified atom stereocenters. The van der Waals surface area contributed by atoms with Crippen LogP contribution in [0.1, 0.15) is 40.2 Å². The zero-order chi connectivity index (χ0) is 27.4. The number of piperidine rings is 1. The van der Waals surface area contributed by atoms with Gasteiger partial charge in [0.2, 0.25) is 0 Å². The Morgan fingerprint density at radius 2 is 1.92 bits per heavy atom. The maximum absolute atomic E-state index is 12.5. The van der Waals surface area contributed by atoms with Crippen LogP contribution in [0.25, 0.3) is 16.6 Å². The van der Waals surface area contributed by atoms with E-state index in [1.165, 1.54) is 6.20 Å². The first kappa shape index (κ1) is 25.8. The molecule has 2 aliphatic rings. The lowest BCUT2D eigenvalue weighted by atomic mass is 10.1. The van der Waals surface area contributed by atoms with Crippen LogP contribution in [0, 0.1) is 23.2 Å². The molecule has 3 atom stereocenters. The van der Waals surface area contributed by atoms with Crippen LogP contribution in [-0.2, 0) is 4.74 Å². The number of carbonyl (C=O) groups is 1. The van der Waals surface area contributed by atoms with Crippen LogP contribution in [0.3, 0.4) is 0 Å². The minimum absolute atomic E-state index is 0.114. The van der Waals surface area contributed by atoms with Gasteiger partial charge in [0.25, 0.3) is 0 Å². The standard InChI is InChI=1S/C28H34N6O4/c1-27(2,3)38-26(35)32(6)25-21-14-33(15-22(21)25)23-8-7-17(11-30-23)20-9-19(37-16-28(4,5)36)13-34-24(20)18(10-29)12-31-34/h7-9,11-13,21-22,25,36H,14-16H2,1-6H3/t21-,22+,25?. The summed E-state index contributed by atoms with van der Waals surface area (Å²) < 4.78 is 13.0. The molecule has 0 bridgehead atoms. The number of hydrogen-bond donors (Lipinski definition) is 1. The quantitative estimate of drug-likeness (QED) is 0.525. The number of anilines is 1. The SMILES string of the molecule is CN(C(=O)OC(C)(C)C)C1[C@H]2CN(c3ccc(-c4cc(OCC(C)(C)O)cn5ncc(C#N)c45)cn3)C[C@@H]12. The Hall–Kier alpha value is -3.84. The van der Waals surface area contributed by atoms with Gasteiger partial charge in [0.15, 0.2) is 0 Å². The highest BCUT2D eigenvalue weighted by Crippen LogP contribution is 2.49. The van der Waals surface area contributed by atoms with Crippen molar-refractivity contribution in [3.63, 3.8) is 0 Å². The van der Waals surface area contributed by atoms with E-state index in [9.17, 15) is 15.2 Å². The minimum atomic E-state index is -0.989. The third kappa shape index (κ3) is 5.11. The normalized spacial score (nSPS) is 20.7. The van der Waals surface area contributed by atoms with Gasteiger partial charge in [-0.2, -0.15) is 10.4 Å². The molecular weight excluding hydrogens is 484 g/mol. The monoisotopic (exact) mass is 518 g/mol. The third-order valence-corrected chi connectivity index (χ3v) is 6.96. The highest BCUT2D eigenvalue weighted by Gasteiger charge is 2.59. The maximum atomic E-state index is 12.5. The predicted molar refractivity (Wildman–Crippen MR) is 142 cm³/mol. The number of fused-ring (bicyclic) bond motifs is 2. The van der Waals surface area contributed by atoms with Crippen LogP contribution in [0.5, 0.6) is 5.75 Å². The Kier molecular flexibility index (Phi) is 6.22. The molecular formula is C28H34N6O4. The number of pyridine rings is 2. The molecule has 1 saturated heterocycles. The molecule has 3 aromatic rings. The van der Waals surface area contributed by atoms with Gasteiger partial charge in [-0.1, -0.05) is 0 Å². The lowest BCUT2D eigenvalue weighted by Crippen LogP contribution is -2.39. The van der Waals surface area contributed by atoms with Gasteiger partial charge in [0.1, 0.15) is 29.8 Å². The summed E-state index contributed by atoms with van der Waals surface area (Å²) in [7, 11) is 1.82. The first-order chi connectivity index (χ1) is 17.8. The Morgan fingerprint density at radius 3 is 2.50 bits per heavy atom. The van der Waals surface area contributed by atoms with Crippen molar-refractivity contribution in [3.05, 3.63) is 42.4 Å². The van der Waals surface area contributed by atoms with E-state index in [2.05, 4.69) is 16.1 Å². The molecule has 38 heavy (non-hydrogen) atoms. The molecule has 200 valence electrons. The number of amides is 1. The number of aliphatic hydroxyl groups is 1. The fourth-order valence-corrected chi connectivity index (χ4v) is 5.18. The summed E-state index contributed by atoms with van der Waals surface area (Å²) in [5, 5.41) is 24.0. The number of nitriles is 1. The van der Waals surface area contributed by atoms with Gasteiger partial charge in [0.05, 0.1) is 29.1 Å². The molecule has 1 N–H and O–H groups in total. The Balaban J connectivity index is 1.32. The molecule has 0 aromatic carbocycles. The number of ether oxygens (including phenoxy) is 2. The van der Waals surface area contributed by atoms with E-state index in [4.69, 9.17) is 14.5 Å². The number of rotatable bonds is 6. The number of nitrogens with zero attached hydrogens (tertiary/aromatic N) is 6. The average Bonchev–Trinajstić information content (AvgIpc) is 3.17. The van der Waals surface area contributed by atoms with Crippen LogP contribution in [0.2, 0.25) is 0 Å². The smallest absolute Gasteiger partial charge is 0.410 e. The van der Waals surface area contributed by atoms with Crippen molar-refractivity contribution in [2.45, 2.75) is 51.9 Å². The van der Waals surface area contributed by atoms with E-state index in [1.54, 1.807) is 35.7 Å². The van der Waals surface area contributed by atoms with Crippen molar-refractivity contribution >= 4 is 17.4 Å².